The summed E-state index contributed by atoms with van der Waals surface area (Å²) in [6.07, 6.45) is 44.8. The van der Waals surface area contributed by atoms with Crippen LogP contribution in [0.25, 0.3) is 0 Å². The highest BCUT2D eigenvalue weighted by molar-refractivity contribution is 5.80. The van der Waals surface area contributed by atoms with Crippen LogP contribution in [-0.2, 0) is 19.1 Å². The van der Waals surface area contributed by atoms with Gasteiger partial charge in [0.25, 0.3) is 0 Å². The molecule has 1 unspecified atom stereocenters. The van der Waals surface area contributed by atoms with E-state index in [9.17, 15) is 14.4 Å². The molecule has 0 rings (SSSR count). The second-order valence-electron chi connectivity index (χ2n) is 14.6. The Kier molecular flexibility index (Phi) is 37.5. The molecule has 0 heterocycles. The molecule has 0 aliphatic heterocycles. The Morgan fingerprint density at radius 2 is 0.898 bits per heavy atom. The Morgan fingerprint density at radius 3 is 1.39 bits per heavy atom. The quantitative estimate of drug-likeness (QED) is 0.0380. The summed E-state index contributed by atoms with van der Waals surface area (Å²) in [4.78, 5) is 35.0. The third-order valence-electron chi connectivity index (χ3n) is 9.69. The van der Waals surface area contributed by atoms with Crippen molar-refractivity contribution >= 4 is 17.8 Å². The lowest BCUT2D eigenvalue weighted by Gasteiger charge is -2.18. The number of carbonyl (C=O) groups excluding carboxylic acids is 2. The molecule has 2 N–H and O–H groups in total. The van der Waals surface area contributed by atoms with E-state index in [1.165, 1.54) is 135 Å². The summed E-state index contributed by atoms with van der Waals surface area (Å²) < 4.78 is 6.01. The van der Waals surface area contributed by atoms with Gasteiger partial charge >= 0.3 is 11.9 Å². The number of allylic oxidation sites excluding steroid dienone is 2. The summed E-state index contributed by atoms with van der Waals surface area (Å²) >= 11 is 0. The van der Waals surface area contributed by atoms with Gasteiger partial charge in [0.15, 0.2) is 0 Å². The fourth-order valence-electron chi connectivity index (χ4n) is 6.52. The highest BCUT2D eigenvalue weighted by Gasteiger charge is 2.14. The Morgan fingerprint density at radius 1 is 0.510 bits per heavy atom. The molecule has 0 fully saturated rings. The van der Waals surface area contributed by atoms with Crippen molar-refractivity contribution in [2.75, 3.05) is 6.54 Å². The zero-order valence-corrected chi connectivity index (χ0v) is 32.6. The van der Waals surface area contributed by atoms with E-state index in [4.69, 9.17) is 9.84 Å². The molecule has 0 bridgehead atoms. The lowest BCUT2D eigenvalue weighted by molar-refractivity contribution is -0.150. The smallest absolute Gasteiger partial charge is 0.322 e. The number of hydrogen-bond donors (Lipinski definition) is 2. The predicted molar refractivity (Wildman–Crippen MR) is 208 cm³/mol. The number of carboxylic acids is 1. The average molecular weight is 692 g/mol. The third kappa shape index (κ3) is 38.8. The molecule has 0 saturated carbocycles. The molecule has 0 radical (unpaired) electrons. The SMILES string of the molecule is CCCCCCCC/C=C\CCCC(CCCCCCCC(=O)NCC(=O)O)OC(=O)CCCCCCCCCCCCCCCCCC. The van der Waals surface area contributed by atoms with E-state index in [2.05, 4.69) is 31.3 Å². The van der Waals surface area contributed by atoms with Gasteiger partial charge in [0.1, 0.15) is 12.6 Å². The summed E-state index contributed by atoms with van der Waals surface area (Å²) in [7, 11) is 0. The molecule has 0 aromatic rings. The Bertz CT molecular complexity index is 767. The van der Waals surface area contributed by atoms with Crippen LogP contribution in [0.2, 0.25) is 0 Å². The molecule has 1 amide bonds. The number of rotatable bonds is 39. The Hall–Kier alpha value is -1.85. The Labute approximate surface area is 303 Å². The van der Waals surface area contributed by atoms with E-state index in [0.717, 1.165) is 70.6 Å². The maximum atomic E-state index is 12.7. The van der Waals surface area contributed by atoms with Crippen LogP contribution >= 0.6 is 0 Å². The van der Waals surface area contributed by atoms with Gasteiger partial charge in [-0.1, -0.05) is 174 Å². The van der Waals surface area contributed by atoms with Gasteiger partial charge in [0, 0.05) is 12.8 Å². The van der Waals surface area contributed by atoms with Crippen molar-refractivity contribution in [3.05, 3.63) is 12.2 Å². The third-order valence-corrected chi connectivity index (χ3v) is 9.69. The minimum atomic E-state index is -1.02. The van der Waals surface area contributed by atoms with Gasteiger partial charge in [0.05, 0.1) is 0 Å². The van der Waals surface area contributed by atoms with E-state index in [-0.39, 0.29) is 24.5 Å². The molecule has 0 aliphatic rings. The van der Waals surface area contributed by atoms with E-state index in [1.807, 2.05) is 0 Å². The number of carboxylic acid groups (broad SMARTS) is 1. The van der Waals surface area contributed by atoms with Crippen molar-refractivity contribution in [3.63, 3.8) is 0 Å². The standard InChI is InChI=1S/C43H81NO5/c1-3-5-7-9-11-13-15-16-17-18-19-21-23-25-30-34-38-43(48)49-40(35-31-27-24-22-20-14-12-10-8-6-4-2)36-32-28-26-29-33-37-41(45)44-39-42(46)47/h22,24,40H,3-21,23,25-39H2,1-2H3,(H,44,45)(H,46,47)/b24-22-. The molecule has 49 heavy (non-hydrogen) atoms. The first-order chi connectivity index (χ1) is 24.0. The van der Waals surface area contributed by atoms with Crippen molar-refractivity contribution in [1.82, 2.24) is 5.32 Å². The molecule has 0 spiro atoms. The predicted octanol–water partition coefficient (Wildman–Crippen LogP) is 13.0. The number of unbranched alkanes of at least 4 members (excludes halogenated alkanes) is 26. The molecule has 6 nitrogen and oxygen atoms in total. The van der Waals surface area contributed by atoms with Gasteiger partial charge in [-0.25, -0.2) is 0 Å². The zero-order chi connectivity index (χ0) is 35.9. The summed E-state index contributed by atoms with van der Waals surface area (Å²) in [5.41, 5.74) is 0. The molecule has 0 aromatic heterocycles. The van der Waals surface area contributed by atoms with Crippen molar-refractivity contribution in [3.8, 4) is 0 Å². The molecule has 1 atom stereocenters. The van der Waals surface area contributed by atoms with Crippen molar-refractivity contribution < 1.29 is 24.2 Å². The van der Waals surface area contributed by atoms with Gasteiger partial charge in [-0.05, 0) is 57.8 Å². The number of aliphatic carboxylic acids is 1. The number of nitrogens with one attached hydrogen (secondary N) is 1. The number of hydrogen-bond acceptors (Lipinski definition) is 4. The molecular formula is C43H81NO5. The van der Waals surface area contributed by atoms with Gasteiger partial charge < -0.3 is 15.2 Å². The van der Waals surface area contributed by atoms with E-state index >= 15 is 0 Å². The molecule has 6 heteroatoms. The van der Waals surface area contributed by atoms with E-state index in [1.54, 1.807) is 0 Å². The summed E-state index contributed by atoms with van der Waals surface area (Å²) in [5, 5.41) is 11.1. The topological polar surface area (TPSA) is 92.7 Å². The molecule has 0 aliphatic carbocycles. The van der Waals surface area contributed by atoms with Crippen LogP contribution in [0.1, 0.15) is 232 Å². The lowest BCUT2D eigenvalue weighted by atomic mass is 10.0. The summed E-state index contributed by atoms with van der Waals surface area (Å²) in [5.74, 6) is -1.24. The van der Waals surface area contributed by atoms with Crippen molar-refractivity contribution in [1.29, 1.82) is 0 Å². The first-order valence-electron chi connectivity index (χ1n) is 21.3. The summed E-state index contributed by atoms with van der Waals surface area (Å²) in [6, 6.07) is 0. The maximum Gasteiger partial charge on any atom is 0.322 e. The number of esters is 1. The normalized spacial score (nSPS) is 12.0. The number of ether oxygens (including phenoxy) is 1. The largest absolute Gasteiger partial charge is 0.480 e. The monoisotopic (exact) mass is 692 g/mol. The van der Waals surface area contributed by atoms with E-state index < -0.39 is 5.97 Å². The molecule has 0 saturated heterocycles. The van der Waals surface area contributed by atoms with Crippen LogP contribution in [0.15, 0.2) is 12.2 Å². The van der Waals surface area contributed by atoms with Crippen LogP contribution in [0.3, 0.4) is 0 Å². The van der Waals surface area contributed by atoms with Gasteiger partial charge in [0.2, 0.25) is 5.91 Å². The second kappa shape index (κ2) is 38.9. The fraction of sp³-hybridized carbons (Fsp3) is 0.884. The zero-order valence-electron chi connectivity index (χ0n) is 32.6. The molecule has 0 aromatic carbocycles. The molecule has 288 valence electrons. The second-order valence-corrected chi connectivity index (χ2v) is 14.6. The van der Waals surface area contributed by atoms with Crippen molar-refractivity contribution in [2.24, 2.45) is 0 Å². The minimum Gasteiger partial charge on any atom is -0.480 e. The highest BCUT2D eigenvalue weighted by atomic mass is 16.5. The first-order valence-corrected chi connectivity index (χ1v) is 21.3. The van der Waals surface area contributed by atoms with E-state index in [0.29, 0.717) is 12.8 Å². The number of amides is 1. The van der Waals surface area contributed by atoms with Crippen LogP contribution in [-0.4, -0.2) is 35.6 Å². The van der Waals surface area contributed by atoms with Gasteiger partial charge in [-0.3, -0.25) is 14.4 Å². The number of carbonyl (C=O) groups is 3. The minimum absolute atomic E-state index is 0.00215. The van der Waals surface area contributed by atoms with Gasteiger partial charge in [-0.2, -0.15) is 0 Å². The van der Waals surface area contributed by atoms with Crippen LogP contribution in [0, 0.1) is 0 Å². The fourth-order valence-corrected chi connectivity index (χ4v) is 6.52. The van der Waals surface area contributed by atoms with Gasteiger partial charge in [-0.15, -0.1) is 0 Å². The lowest BCUT2D eigenvalue weighted by Crippen LogP contribution is -2.28. The van der Waals surface area contributed by atoms with Crippen LogP contribution in [0.4, 0.5) is 0 Å². The van der Waals surface area contributed by atoms with Crippen molar-refractivity contribution in [2.45, 2.75) is 238 Å². The van der Waals surface area contributed by atoms with Crippen LogP contribution < -0.4 is 5.32 Å². The summed E-state index contributed by atoms with van der Waals surface area (Å²) in [6.45, 7) is 4.23. The first kappa shape index (κ1) is 47.1. The molecular weight excluding hydrogens is 610 g/mol. The Balaban J connectivity index is 4.12. The maximum absolute atomic E-state index is 12.7. The van der Waals surface area contributed by atoms with Crippen LogP contribution in [0.5, 0.6) is 0 Å². The highest BCUT2D eigenvalue weighted by Crippen LogP contribution is 2.18. The average Bonchev–Trinajstić information content (AvgIpc) is 3.08.